The molecule has 0 fully saturated rings. The molecule has 0 aliphatic rings. The second-order valence-corrected chi connectivity index (χ2v) is 6.56. The van der Waals surface area contributed by atoms with Crippen LogP contribution in [0.2, 0.25) is 0 Å². The lowest BCUT2D eigenvalue weighted by atomic mass is 9.91. The Labute approximate surface area is 165 Å². The molecule has 0 aliphatic carbocycles. The highest BCUT2D eigenvalue weighted by atomic mass is 16.3. The Morgan fingerprint density at radius 1 is 0.750 bits per heavy atom. The van der Waals surface area contributed by atoms with Crippen LogP contribution in [-0.4, -0.2) is 12.4 Å². The zero-order valence-corrected chi connectivity index (χ0v) is 15.5. The van der Waals surface area contributed by atoms with E-state index in [4.69, 9.17) is 9.41 Å². The minimum Gasteiger partial charge on any atom is -0.472 e. The molecule has 0 spiro atoms. The lowest BCUT2D eigenvalue weighted by Crippen LogP contribution is -2.29. The van der Waals surface area contributed by atoms with Gasteiger partial charge in [0, 0.05) is 12.5 Å². The third-order valence-electron chi connectivity index (χ3n) is 4.67. The molecule has 0 bridgehead atoms. The summed E-state index contributed by atoms with van der Waals surface area (Å²) in [7, 11) is 0. The first-order valence-electron chi connectivity index (χ1n) is 9.40. The molecule has 138 valence electrons. The largest absolute Gasteiger partial charge is 0.472 e. The van der Waals surface area contributed by atoms with Crippen LogP contribution in [0.5, 0.6) is 0 Å². The molecular weight excluding hydrogens is 344 g/mol. The van der Waals surface area contributed by atoms with E-state index >= 15 is 0 Å². The molecule has 0 amide bonds. The van der Waals surface area contributed by atoms with Crippen molar-refractivity contribution in [3.8, 4) is 0 Å². The first-order valence-corrected chi connectivity index (χ1v) is 9.40. The van der Waals surface area contributed by atoms with Gasteiger partial charge < -0.3 is 9.73 Å². The number of para-hydroxylation sites is 1. The molecule has 4 rings (SSSR count). The van der Waals surface area contributed by atoms with Gasteiger partial charge in [0.1, 0.15) is 12.1 Å². The molecule has 0 unspecified atom stereocenters. The Morgan fingerprint density at radius 3 is 1.86 bits per heavy atom. The summed E-state index contributed by atoms with van der Waals surface area (Å²) in [6, 6.07) is 33.0. The molecular formula is C25H22N2O. The van der Waals surface area contributed by atoms with Gasteiger partial charge >= 0.3 is 0 Å². The number of furan rings is 1. The smallest absolute Gasteiger partial charge is 0.137 e. The summed E-state index contributed by atoms with van der Waals surface area (Å²) in [5.41, 5.74) is 4.38. The minimum absolute atomic E-state index is 0.218. The SMILES string of the molecule is c1ccc(/N=C(\NCC(c2ccccc2)c2ccccc2)c2ccoc2)cc1. The summed E-state index contributed by atoms with van der Waals surface area (Å²) in [5.74, 6) is 1.02. The fraction of sp³-hybridized carbons (Fsp3) is 0.0800. The van der Waals surface area contributed by atoms with Crippen LogP contribution in [0.3, 0.4) is 0 Å². The molecule has 1 heterocycles. The standard InChI is InChI=1S/C25H22N2O/c1-4-10-20(11-5-1)24(21-12-6-2-7-13-21)18-26-25(22-16-17-28-19-22)27-23-14-8-3-9-15-23/h1-17,19,24H,18H2,(H,26,27). The maximum Gasteiger partial charge on any atom is 0.137 e. The van der Waals surface area contributed by atoms with Crippen LogP contribution in [0.25, 0.3) is 0 Å². The minimum atomic E-state index is 0.218. The monoisotopic (exact) mass is 366 g/mol. The van der Waals surface area contributed by atoms with Crippen LogP contribution < -0.4 is 5.32 Å². The van der Waals surface area contributed by atoms with Gasteiger partial charge in [-0.05, 0) is 29.3 Å². The van der Waals surface area contributed by atoms with E-state index in [1.165, 1.54) is 11.1 Å². The van der Waals surface area contributed by atoms with Crippen molar-refractivity contribution in [3.05, 3.63) is 126 Å². The Hall–Kier alpha value is -3.59. The third kappa shape index (κ3) is 4.38. The van der Waals surface area contributed by atoms with Gasteiger partial charge in [0.15, 0.2) is 0 Å². The number of hydrogen-bond acceptors (Lipinski definition) is 2. The maximum absolute atomic E-state index is 5.29. The van der Waals surface area contributed by atoms with Crippen molar-refractivity contribution in [3.63, 3.8) is 0 Å². The molecule has 3 aromatic carbocycles. The van der Waals surface area contributed by atoms with Crippen LogP contribution in [0.1, 0.15) is 22.6 Å². The van der Waals surface area contributed by atoms with Crippen molar-refractivity contribution in [1.29, 1.82) is 0 Å². The van der Waals surface area contributed by atoms with E-state index in [1.54, 1.807) is 12.5 Å². The molecule has 3 nitrogen and oxygen atoms in total. The van der Waals surface area contributed by atoms with Crippen molar-refractivity contribution in [1.82, 2.24) is 5.32 Å². The molecule has 0 saturated heterocycles. The van der Waals surface area contributed by atoms with E-state index in [2.05, 4.69) is 53.8 Å². The van der Waals surface area contributed by atoms with Gasteiger partial charge in [0.05, 0.1) is 17.5 Å². The normalized spacial score (nSPS) is 11.5. The highest BCUT2D eigenvalue weighted by Gasteiger charge is 2.15. The molecule has 0 radical (unpaired) electrons. The topological polar surface area (TPSA) is 37.5 Å². The van der Waals surface area contributed by atoms with E-state index < -0.39 is 0 Å². The number of amidine groups is 1. The number of hydrogen-bond donors (Lipinski definition) is 1. The lowest BCUT2D eigenvalue weighted by molar-refractivity contribution is 0.566. The molecule has 28 heavy (non-hydrogen) atoms. The maximum atomic E-state index is 5.29. The second kappa shape index (κ2) is 8.87. The van der Waals surface area contributed by atoms with Gasteiger partial charge in [-0.2, -0.15) is 0 Å². The molecule has 3 heteroatoms. The molecule has 1 aromatic heterocycles. The van der Waals surface area contributed by atoms with Crippen molar-refractivity contribution in [2.24, 2.45) is 4.99 Å². The summed E-state index contributed by atoms with van der Waals surface area (Å²) in [5, 5.41) is 3.56. The Kier molecular flexibility index (Phi) is 5.64. The summed E-state index contributed by atoms with van der Waals surface area (Å²) in [6.45, 7) is 0.727. The van der Waals surface area contributed by atoms with E-state index in [1.807, 2.05) is 48.5 Å². The zero-order valence-electron chi connectivity index (χ0n) is 15.5. The van der Waals surface area contributed by atoms with Gasteiger partial charge in [-0.15, -0.1) is 0 Å². The van der Waals surface area contributed by atoms with Crippen molar-refractivity contribution in [2.75, 3.05) is 6.54 Å². The quantitative estimate of drug-likeness (QED) is 0.347. The summed E-state index contributed by atoms with van der Waals surface area (Å²) < 4.78 is 5.29. The number of nitrogens with one attached hydrogen (secondary N) is 1. The Morgan fingerprint density at radius 2 is 1.32 bits per heavy atom. The van der Waals surface area contributed by atoms with Gasteiger partial charge in [-0.1, -0.05) is 78.9 Å². The Balaban J connectivity index is 1.63. The summed E-state index contributed by atoms with van der Waals surface area (Å²) in [6.07, 6.45) is 3.39. The zero-order chi connectivity index (χ0) is 19.0. The molecule has 0 saturated carbocycles. The fourth-order valence-corrected chi connectivity index (χ4v) is 3.23. The van der Waals surface area contributed by atoms with Crippen LogP contribution in [-0.2, 0) is 0 Å². The number of nitrogens with zero attached hydrogens (tertiary/aromatic N) is 1. The summed E-state index contributed by atoms with van der Waals surface area (Å²) >= 11 is 0. The molecule has 0 aliphatic heterocycles. The van der Waals surface area contributed by atoms with E-state index in [9.17, 15) is 0 Å². The predicted molar refractivity (Wildman–Crippen MR) is 114 cm³/mol. The predicted octanol–water partition coefficient (Wildman–Crippen LogP) is 5.78. The van der Waals surface area contributed by atoms with Crippen molar-refractivity contribution < 1.29 is 4.42 Å². The van der Waals surface area contributed by atoms with E-state index in [0.29, 0.717) is 0 Å². The van der Waals surface area contributed by atoms with Crippen LogP contribution in [0.15, 0.2) is 119 Å². The van der Waals surface area contributed by atoms with Crippen molar-refractivity contribution in [2.45, 2.75) is 5.92 Å². The number of benzene rings is 3. The molecule has 0 atom stereocenters. The van der Waals surface area contributed by atoms with Crippen LogP contribution >= 0.6 is 0 Å². The van der Waals surface area contributed by atoms with E-state index in [0.717, 1.165) is 23.6 Å². The number of aliphatic imine (C=N–C) groups is 1. The van der Waals surface area contributed by atoms with Gasteiger partial charge in [0.2, 0.25) is 0 Å². The number of rotatable bonds is 6. The average Bonchev–Trinajstić information content (AvgIpc) is 3.30. The highest BCUT2D eigenvalue weighted by Crippen LogP contribution is 2.24. The van der Waals surface area contributed by atoms with E-state index in [-0.39, 0.29) is 5.92 Å². The van der Waals surface area contributed by atoms with Crippen molar-refractivity contribution >= 4 is 11.5 Å². The first-order chi connectivity index (χ1) is 13.9. The third-order valence-corrected chi connectivity index (χ3v) is 4.67. The second-order valence-electron chi connectivity index (χ2n) is 6.56. The first kappa shape index (κ1) is 17.8. The molecule has 1 N–H and O–H groups in total. The van der Waals surface area contributed by atoms with Crippen LogP contribution in [0.4, 0.5) is 5.69 Å². The van der Waals surface area contributed by atoms with Gasteiger partial charge in [0.25, 0.3) is 0 Å². The van der Waals surface area contributed by atoms with Gasteiger partial charge in [-0.3, -0.25) is 0 Å². The lowest BCUT2D eigenvalue weighted by Gasteiger charge is -2.20. The van der Waals surface area contributed by atoms with Gasteiger partial charge in [-0.25, -0.2) is 4.99 Å². The van der Waals surface area contributed by atoms with Crippen LogP contribution in [0, 0.1) is 0 Å². The highest BCUT2D eigenvalue weighted by molar-refractivity contribution is 6.00. The Bertz CT molecular complexity index is 955. The summed E-state index contributed by atoms with van der Waals surface area (Å²) in [4.78, 5) is 4.81. The fourth-order valence-electron chi connectivity index (χ4n) is 3.23. The molecule has 4 aromatic rings. The average molecular weight is 366 g/mol.